The number of hydrogen-bond donors (Lipinski definition) is 1. The predicted molar refractivity (Wildman–Crippen MR) is 78.6 cm³/mol. The van der Waals surface area contributed by atoms with Crippen LogP contribution in [0, 0.1) is 12.9 Å². The van der Waals surface area contributed by atoms with E-state index in [1.807, 2.05) is 0 Å². The molecule has 130 valence electrons. The van der Waals surface area contributed by atoms with E-state index in [1.165, 1.54) is 11.7 Å². The largest absolute Gasteiger partial charge is 0.433 e. The molecule has 0 fully saturated rings. The smallest absolute Gasteiger partial charge is 0.307 e. The van der Waals surface area contributed by atoms with Crippen LogP contribution in [0.5, 0.6) is 0 Å². The Kier molecular flexibility index (Phi) is 6.18. The summed E-state index contributed by atoms with van der Waals surface area (Å²) < 4.78 is 53.9. The Morgan fingerprint density at radius 2 is 1.87 bits per heavy atom. The minimum absolute atomic E-state index is 0. The van der Waals surface area contributed by atoms with Gasteiger partial charge in [-0.1, -0.05) is 0 Å². The lowest BCUT2D eigenvalue weighted by molar-refractivity contribution is -0.143. The lowest BCUT2D eigenvalue weighted by atomic mass is 10.2. The van der Waals surface area contributed by atoms with E-state index >= 15 is 0 Å². The van der Waals surface area contributed by atoms with Crippen LogP contribution in [0.25, 0.3) is 0 Å². The molecule has 0 unspecified atom stereocenters. The van der Waals surface area contributed by atoms with Crippen LogP contribution < -0.4 is 5.32 Å². The first-order valence-corrected chi connectivity index (χ1v) is 6.76. The lowest BCUT2D eigenvalue weighted by Gasteiger charge is -2.04. The van der Waals surface area contributed by atoms with Crippen molar-refractivity contribution in [3.63, 3.8) is 0 Å². The molecule has 0 aliphatic heterocycles. The summed E-state index contributed by atoms with van der Waals surface area (Å²) in [6.07, 6.45) is -4.44. The van der Waals surface area contributed by atoms with Gasteiger partial charge in [-0.2, -0.15) is 27.8 Å². The third-order valence-corrected chi connectivity index (χ3v) is 3.31. The topological polar surface area (TPSA) is 47.7 Å². The van der Waals surface area contributed by atoms with Crippen LogP contribution in [-0.2, 0) is 32.9 Å². The third-order valence-electron chi connectivity index (χ3n) is 3.31. The van der Waals surface area contributed by atoms with E-state index in [0.717, 1.165) is 10.7 Å². The molecule has 0 aliphatic carbocycles. The third kappa shape index (κ3) is 4.23. The average molecular weight is 356 g/mol. The number of aryl methyl sites for hydroxylation is 3. The van der Waals surface area contributed by atoms with Crippen LogP contribution in [0.3, 0.4) is 0 Å². The van der Waals surface area contributed by atoms with Crippen LogP contribution in [0.2, 0.25) is 0 Å². The van der Waals surface area contributed by atoms with Crippen molar-refractivity contribution in [1.82, 2.24) is 24.9 Å². The fourth-order valence-corrected chi connectivity index (χ4v) is 2.19. The van der Waals surface area contributed by atoms with Crippen molar-refractivity contribution in [2.75, 3.05) is 0 Å². The maximum Gasteiger partial charge on any atom is 0.433 e. The molecule has 2 aromatic heterocycles. The van der Waals surface area contributed by atoms with Gasteiger partial charge in [0.2, 0.25) is 5.95 Å². The minimum Gasteiger partial charge on any atom is -0.307 e. The summed E-state index contributed by atoms with van der Waals surface area (Å²) >= 11 is 0. The standard InChI is InChI=1S/C13H17F4N5.ClH/c1-4-22-12(14)10(8(2)19-22)7-18-6-9-5-11(13(15,16)17)21(3)20-9;/h5,18H,4,6-7H2,1-3H3;1H. The van der Waals surface area contributed by atoms with E-state index in [-0.39, 0.29) is 31.2 Å². The van der Waals surface area contributed by atoms with Crippen LogP contribution in [-0.4, -0.2) is 19.6 Å². The molecule has 10 heteroatoms. The normalized spacial score (nSPS) is 11.6. The van der Waals surface area contributed by atoms with Gasteiger partial charge in [0.25, 0.3) is 0 Å². The van der Waals surface area contributed by atoms with E-state index in [4.69, 9.17) is 0 Å². The van der Waals surface area contributed by atoms with Gasteiger partial charge < -0.3 is 5.32 Å². The van der Waals surface area contributed by atoms with Crippen molar-refractivity contribution in [2.45, 2.75) is 39.7 Å². The molecular weight excluding hydrogens is 338 g/mol. The first-order valence-electron chi connectivity index (χ1n) is 6.76. The lowest BCUT2D eigenvalue weighted by Crippen LogP contribution is -2.15. The molecule has 1 N–H and O–H groups in total. The molecule has 23 heavy (non-hydrogen) atoms. The summed E-state index contributed by atoms with van der Waals surface area (Å²) in [5, 5.41) is 10.7. The Morgan fingerprint density at radius 3 is 2.35 bits per heavy atom. The number of halogens is 5. The molecule has 0 amide bonds. The van der Waals surface area contributed by atoms with Gasteiger partial charge in [0, 0.05) is 32.2 Å². The average Bonchev–Trinajstić information content (AvgIpc) is 2.92. The monoisotopic (exact) mass is 355 g/mol. The molecule has 0 radical (unpaired) electrons. The molecule has 2 rings (SSSR count). The second-order valence-electron chi connectivity index (χ2n) is 4.92. The molecule has 2 heterocycles. The highest BCUT2D eigenvalue weighted by molar-refractivity contribution is 5.85. The predicted octanol–water partition coefficient (Wildman–Crippen LogP) is 2.81. The first kappa shape index (κ1) is 19.4. The van der Waals surface area contributed by atoms with Gasteiger partial charge in [-0.05, 0) is 19.9 Å². The number of hydrogen-bond acceptors (Lipinski definition) is 3. The quantitative estimate of drug-likeness (QED) is 0.839. The molecule has 0 atom stereocenters. The fourth-order valence-electron chi connectivity index (χ4n) is 2.19. The maximum atomic E-state index is 13.9. The number of rotatable bonds is 5. The van der Waals surface area contributed by atoms with Crippen molar-refractivity contribution < 1.29 is 17.6 Å². The second kappa shape index (κ2) is 7.31. The maximum absolute atomic E-state index is 13.9. The number of nitrogens with zero attached hydrogens (tertiary/aromatic N) is 4. The highest BCUT2D eigenvalue weighted by Crippen LogP contribution is 2.29. The summed E-state index contributed by atoms with van der Waals surface area (Å²) in [7, 11) is 1.24. The Labute approximate surface area is 137 Å². The molecule has 2 aromatic rings. The number of alkyl halides is 3. The van der Waals surface area contributed by atoms with Gasteiger partial charge in [0.1, 0.15) is 5.69 Å². The molecule has 0 aromatic carbocycles. The molecule has 0 bridgehead atoms. The summed E-state index contributed by atoms with van der Waals surface area (Å²) in [6.45, 7) is 4.17. The van der Waals surface area contributed by atoms with Crippen LogP contribution >= 0.6 is 12.4 Å². The molecule has 5 nitrogen and oxygen atoms in total. The molecule has 0 saturated carbocycles. The summed E-state index contributed by atoms with van der Waals surface area (Å²) in [5.74, 6) is -0.426. The van der Waals surface area contributed by atoms with Gasteiger partial charge in [0.15, 0.2) is 0 Å². The van der Waals surface area contributed by atoms with Crippen molar-refractivity contribution in [3.05, 3.63) is 34.7 Å². The van der Waals surface area contributed by atoms with Crippen molar-refractivity contribution >= 4 is 12.4 Å². The zero-order valence-corrected chi connectivity index (χ0v) is 13.7. The minimum atomic E-state index is -4.44. The molecular formula is C13H18ClF4N5. The van der Waals surface area contributed by atoms with Crippen LogP contribution in [0.15, 0.2) is 6.07 Å². The molecule has 0 saturated heterocycles. The zero-order chi connectivity index (χ0) is 16.5. The van der Waals surface area contributed by atoms with Gasteiger partial charge in [-0.3, -0.25) is 4.68 Å². The van der Waals surface area contributed by atoms with Crippen molar-refractivity contribution in [3.8, 4) is 0 Å². The van der Waals surface area contributed by atoms with E-state index in [9.17, 15) is 17.6 Å². The van der Waals surface area contributed by atoms with Gasteiger partial charge in [-0.15, -0.1) is 12.4 Å². The van der Waals surface area contributed by atoms with Gasteiger partial charge >= 0.3 is 6.18 Å². The van der Waals surface area contributed by atoms with Gasteiger partial charge in [-0.25, -0.2) is 4.68 Å². The Morgan fingerprint density at radius 1 is 1.22 bits per heavy atom. The number of aromatic nitrogens is 4. The van der Waals surface area contributed by atoms with E-state index in [1.54, 1.807) is 13.8 Å². The summed E-state index contributed by atoms with van der Waals surface area (Å²) in [6, 6.07) is 0.978. The van der Waals surface area contributed by atoms with Crippen molar-refractivity contribution in [1.29, 1.82) is 0 Å². The highest BCUT2D eigenvalue weighted by Gasteiger charge is 2.34. The Hall–Kier alpha value is -1.61. The van der Waals surface area contributed by atoms with E-state index < -0.39 is 17.8 Å². The zero-order valence-electron chi connectivity index (χ0n) is 12.9. The Bertz CT molecular complexity index is 662. The first-order chi connectivity index (χ1) is 10.2. The highest BCUT2D eigenvalue weighted by atomic mass is 35.5. The van der Waals surface area contributed by atoms with E-state index in [2.05, 4.69) is 15.5 Å². The molecule has 0 spiro atoms. The van der Waals surface area contributed by atoms with Gasteiger partial charge in [0.05, 0.1) is 11.4 Å². The number of nitrogens with one attached hydrogen (secondary N) is 1. The Balaban J connectivity index is 0.00000264. The summed E-state index contributed by atoms with van der Waals surface area (Å²) in [4.78, 5) is 0. The van der Waals surface area contributed by atoms with Crippen LogP contribution in [0.1, 0.15) is 29.6 Å². The van der Waals surface area contributed by atoms with E-state index in [0.29, 0.717) is 17.8 Å². The van der Waals surface area contributed by atoms with Crippen LogP contribution in [0.4, 0.5) is 17.6 Å². The summed E-state index contributed by atoms with van der Waals surface area (Å²) in [5.41, 5.74) is 0.402. The fraction of sp³-hybridized carbons (Fsp3) is 0.538. The SMILES string of the molecule is CCn1nc(C)c(CNCc2cc(C(F)(F)F)n(C)n2)c1F.Cl. The molecule has 0 aliphatic rings. The van der Waals surface area contributed by atoms with Crippen molar-refractivity contribution in [2.24, 2.45) is 7.05 Å². The second-order valence-corrected chi connectivity index (χ2v) is 4.92.